The first-order valence-corrected chi connectivity index (χ1v) is 8.66. The summed E-state index contributed by atoms with van der Waals surface area (Å²) in [7, 11) is 0. The minimum atomic E-state index is -0.370. The molecule has 1 aromatic carbocycles. The monoisotopic (exact) mass is 358 g/mol. The van der Waals surface area contributed by atoms with E-state index in [1.54, 1.807) is 26.0 Å². The van der Waals surface area contributed by atoms with Crippen LogP contribution in [0.5, 0.6) is 0 Å². The number of hydrogen-bond acceptors (Lipinski definition) is 3. The van der Waals surface area contributed by atoms with E-state index in [4.69, 9.17) is 4.74 Å². The maximum Gasteiger partial charge on any atom is 0.253 e. The molecule has 1 aliphatic rings. The summed E-state index contributed by atoms with van der Waals surface area (Å²) in [6, 6.07) is 6.35. The number of amides is 1. The number of aromatic nitrogens is 1. The van der Waals surface area contributed by atoms with E-state index in [2.05, 4.69) is 10.3 Å². The van der Waals surface area contributed by atoms with Crippen molar-refractivity contribution < 1.29 is 18.7 Å². The zero-order valence-corrected chi connectivity index (χ0v) is 15.2. The molecule has 3 rings (SSSR count). The number of aromatic amines is 1. The molecule has 1 fully saturated rings. The summed E-state index contributed by atoms with van der Waals surface area (Å²) >= 11 is 0. The highest BCUT2D eigenvalue weighted by Gasteiger charge is 2.37. The number of Topliss-reactive ketones (excluding diaryl/α,β-unsaturated/α-hetero) is 1. The molecule has 1 aromatic heterocycles. The Kier molecular flexibility index (Phi) is 4.96. The van der Waals surface area contributed by atoms with Crippen molar-refractivity contribution >= 4 is 11.7 Å². The van der Waals surface area contributed by atoms with Gasteiger partial charge in [0.05, 0.1) is 17.9 Å². The fraction of sp³-hybridized carbons (Fsp3) is 0.400. The highest BCUT2D eigenvalue weighted by atomic mass is 19.1. The van der Waals surface area contributed by atoms with Crippen LogP contribution in [0.1, 0.15) is 51.0 Å². The van der Waals surface area contributed by atoms with Gasteiger partial charge in [-0.3, -0.25) is 9.59 Å². The van der Waals surface area contributed by atoms with Crippen LogP contribution in [0.4, 0.5) is 4.39 Å². The maximum absolute atomic E-state index is 13.3. The second-order valence-corrected chi connectivity index (χ2v) is 6.95. The molecule has 2 heterocycles. The molecule has 26 heavy (non-hydrogen) atoms. The predicted octanol–water partition coefficient (Wildman–Crippen LogP) is 3.06. The number of nitrogens with one attached hydrogen (secondary N) is 2. The Morgan fingerprint density at radius 2 is 1.96 bits per heavy atom. The Bertz CT molecular complexity index is 833. The van der Waals surface area contributed by atoms with Crippen LogP contribution in [0.25, 0.3) is 0 Å². The summed E-state index contributed by atoms with van der Waals surface area (Å²) in [6.07, 6.45) is 0.753. The number of aryl methyl sites for hydroxylation is 1. The fourth-order valence-corrected chi connectivity index (χ4v) is 3.66. The van der Waals surface area contributed by atoms with Gasteiger partial charge in [0.2, 0.25) is 0 Å². The van der Waals surface area contributed by atoms with Crippen LogP contribution in [0.2, 0.25) is 0 Å². The van der Waals surface area contributed by atoms with Crippen LogP contribution >= 0.6 is 0 Å². The summed E-state index contributed by atoms with van der Waals surface area (Å²) in [5.74, 6) is -0.615. The van der Waals surface area contributed by atoms with Crippen molar-refractivity contribution in [2.24, 2.45) is 0 Å². The molecule has 1 atom stereocenters. The van der Waals surface area contributed by atoms with Crippen molar-refractivity contribution in [2.45, 2.75) is 32.6 Å². The van der Waals surface area contributed by atoms with Gasteiger partial charge >= 0.3 is 0 Å². The lowest BCUT2D eigenvalue weighted by molar-refractivity contribution is 0.0937. The number of carbonyl (C=O) groups excluding carboxylic acids is 2. The fourth-order valence-electron chi connectivity index (χ4n) is 3.66. The third kappa shape index (κ3) is 3.29. The Balaban J connectivity index is 1.81. The zero-order valence-electron chi connectivity index (χ0n) is 15.2. The van der Waals surface area contributed by atoms with Gasteiger partial charge in [0.15, 0.2) is 5.78 Å². The van der Waals surface area contributed by atoms with Crippen LogP contribution < -0.4 is 5.32 Å². The maximum atomic E-state index is 13.3. The largest absolute Gasteiger partial charge is 0.380 e. The molecular weight excluding hydrogens is 335 g/mol. The molecule has 0 unspecified atom stereocenters. The molecule has 0 spiro atoms. The van der Waals surface area contributed by atoms with Gasteiger partial charge in [-0.1, -0.05) is 12.1 Å². The normalized spacial score (nSPS) is 19.5. The van der Waals surface area contributed by atoms with Gasteiger partial charge in [-0.2, -0.15) is 0 Å². The molecule has 2 aromatic rings. The van der Waals surface area contributed by atoms with Crippen molar-refractivity contribution in [3.8, 4) is 0 Å². The van der Waals surface area contributed by atoms with E-state index in [1.165, 1.54) is 19.1 Å². The SMILES string of the molecule is CC(=O)c1[nH]c(C)c(C(=O)NC[C@]2(c3ccc(F)cc3)CCOC2)c1C. The molecule has 0 aliphatic carbocycles. The molecule has 0 saturated carbocycles. The molecule has 5 nitrogen and oxygen atoms in total. The number of halogens is 1. The topological polar surface area (TPSA) is 71.2 Å². The molecule has 6 heteroatoms. The molecule has 2 N–H and O–H groups in total. The standard InChI is InChI=1S/C20H23FN2O3/c1-12-17(13(2)23-18(12)14(3)24)19(25)22-10-20(8-9-26-11-20)15-4-6-16(21)7-5-15/h4-7,23H,8-11H2,1-3H3,(H,22,25)/t20-/m1/s1. The van der Waals surface area contributed by atoms with Crippen molar-refractivity contribution in [2.75, 3.05) is 19.8 Å². The summed E-state index contributed by atoms with van der Waals surface area (Å²) in [4.78, 5) is 27.4. The highest BCUT2D eigenvalue weighted by molar-refractivity contribution is 6.02. The van der Waals surface area contributed by atoms with Gasteiger partial charge in [-0.25, -0.2) is 4.39 Å². The van der Waals surface area contributed by atoms with Gasteiger partial charge in [0.1, 0.15) is 5.82 Å². The molecule has 0 bridgehead atoms. The number of carbonyl (C=O) groups is 2. The molecule has 1 amide bonds. The molecule has 1 saturated heterocycles. The molecule has 1 aliphatic heterocycles. The number of benzene rings is 1. The number of hydrogen-bond donors (Lipinski definition) is 2. The van der Waals surface area contributed by atoms with E-state index >= 15 is 0 Å². The Morgan fingerprint density at radius 3 is 2.50 bits per heavy atom. The van der Waals surface area contributed by atoms with E-state index < -0.39 is 0 Å². The van der Waals surface area contributed by atoms with Crippen LogP contribution in [0.15, 0.2) is 24.3 Å². The number of ether oxygens (including phenoxy) is 1. The highest BCUT2D eigenvalue weighted by Crippen LogP contribution is 2.33. The van der Waals surface area contributed by atoms with Crippen LogP contribution in [-0.4, -0.2) is 36.4 Å². The van der Waals surface area contributed by atoms with Crippen LogP contribution in [0.3, 0.4) is 0 Å². The van der Waals surface area contributed by atoms with Crippen molar-refractivity contribution in [3.63, 3.8) is 0 Å². The third-order valence-electron chi connectivity index (χ3n) is 5.16. The summed E-state index contributed by atoms with van der Waals surface area (Å²) in [6.45, 7) is 6.48. The first kappa shape index (κ1) is 18.3. The number of H-pyrrole nitrogens is 1. The molecule has 0 radical (unpaired) electrons. The van der Waals surface area contributed by atoms with Crippen molar-refractivity contribution in [1.82, 2.24) is 10.3 Å². The molecule has 138 valence electrons. The van der Waals surface area contributed by atoms with Gasteiger partial charge in [0, 0.05) is 31.2 Å². The van der Waals surface area contributed by atoms with Crippen LogP contribution in [-0.2, 0) is 10.2 Å². The smallest absolute Gasteiger partial charge is 0.253 e. The van der Waals surface area contributed by atoms with Gasteiger partial charge in [-0.05, 0) is 43.5 Å². The van der Waals surface area contributed by atoms with E-state index in [9.17, 15) is 14.0 Å². The second-order valence-electron chi connectivity index (χ2n) is 6.95. The summed E-state index contributed by atoms with van der Waals surface area (Å²) < 4.78 is 18.8. The second kappa shape index (κ2) is 7.03. The first-order chi connectivity index (χ1) is 12.3. The van der Waals surface area contributed by atoms with Crippen LogP contribution in [0, 0.1) is 19.7 Å². The van der Waals surface area contributed by atoms with Gasteiger partial charge in [-0.15, -0.1) is 0 Å². The third-order valence-corrected chi connectivity index (χ3v) is 5.16. The average molecular weight is 358 g/mol. The van der Waals surface area contributed by atoms with Crippen molar-refractivity contribution in [1.29, 1.82) is 0 Å². The lowest BCUT2D eigenvalue weighted by Crippen LogP contribution is -2.41. The van der Waals surface area contributed by atoms with E-state index in [0.29, 0.717) is 42.3 Å². The Morgan fingerprint density at radius 1 is 1.27 bits per heavy atom. The number of ketones is 1. The minimum absolute atomic E-state index is 0.100. The molecular formula is C20H23FN2O3. The van der Waals surface area contributed by atoms with E-state index in [0.717, 1.165) is 12.0 Å². The Hall–Kier alpha value is -2.47. The predicted molar refractivity (Wildman–Crippen MR) is 96.1 cm³/mol. The lowest BCUT2D eigenvalue weighted by atomic mass is 9.79. The average Bonchev–Trinajstić information content (AvgIpc) is 3.19. The van der Waals surface area contributed by atoms with Gasteiger partial charge in [0.25, 0.3) is 5.91 Å². The van der Waals surface area contributed by atoms with E-state index in [1.807, 2.05) is 0 Å². The minimum Gasteiger partial charge on any atom is -0.380 e. The summed E-state index contributed by atoms with van der Waals surface area (Å²) in [5, 5.41) is 2.98. The zero-order chi connectivity index (χ0) is 18.9. The lowest BCUT2D eigenvalue weighted by Gasteiger charge is -2.28. The van der Waals surface area contributed by atoms with E-state index in [-0.39, 0.29) is 22.9 Å². The van der Waals surface area contributed by atoms with Gasteiger partial charge < -0.3 is 15.0 Å². The Labute approximate surface area is 151 Å². The van der Waals surface area contributed by atoms with Crippen molar-refractivity contribution in [3.05, 3.63) is 58.2 Å². The number of rotatable bonds is 5. The quantitative estimate of drug-likeness (QED) is 0.807. The summed E-state index contributed by atoms with van der Waals surface area (Å²) in [5.41, 5.74) is 2.87. The first-order valence-electron chi connectivity index (χ1n) is 8.66.